The molecule has 5 nitrogen and oxygen atoms in total. The first-order chi connectivity index (χ1) is 11.7. The molecule has 2 bridgehead atoms. The van der Waals surface area contributed by atoms with Gasteiger partial charge in [0.05, 0.1) is 13.0 Å². The van der Waals surface area contributed by atoms with Gasteiger partial charge in [0.25, 0.3) is 5.95 Å². The van der Waals surface area contributed by atoms with Crippen LogP contribution in [0.3, 0.4) is 0 Å². The summed E-state index contributed by atoms with van der Waals surface area (Å²) in [5, 5.41) is 0. The normalized spacial score (nSPS) is 43.8. The molecular weight excluding hydrogens is 320 g/mol. The Bertz CT molecular complexity index is 745. The maximum Gasteiger partial charge on any atom is 0.322 e. The van der Waals surface area contributed by atoms with Crippen molar-refractivity contribution in [1.82, 2.24) is 0 Å². The number of cyclic esters (lactones) is 1. The molecule has 0 aromatic carbocycles. The second-order valence-corrected chi connectivity index (χ2v) is 8.46. The SMILES string of the molecule is C=C[C@@]1(C)CC[C@H]2C(C)(C)[C@@H]3C=C4C=C(OC)OC(=O)[C@@H]1[C@@]42OC3=O. The van der Waals surface area contributed by atoms with Crippen LogP contribution in [0, 0.1) is 28.6 Å². The second-order valence-electron chi connectivity index (χ2n) is 8.46. The summed E-state index contributed by atoms with van der Waals surface area (Å²) in [5.41, 5.74) is -1.01. The lowest BCUT2D eigenvalue weighted by Crippen LogP contribution is -2.70. The molecule has 0 N–H and O–H groups in total. The molecular formula is C20H24O5. The number of esters is 2. The standard InChI is InChI=1S/C20H24O5/c1-6-19(4)8-7-13-18(2,3)12-9-11-10-14(23-5)24-17(22)15(19)20(11,13)25-16(12)21/h6,9-10,12-13,15H,1,7-8H2,2-5H3/t12-,13+,15+,19+,20-/m1/s1. The summed E-state index contributed by atoms with van der Waals surface area (Å²) in [7, 11) is 1.47. The Balaban J connectivity index is 2.04. The minimum Gasteiger partial charge on any atom is -0.468 e. The minimum absolute atomic E-state index is 0.0423. The van der Waals surface area contributed by atoms with Crippen LogP contribution in [0.1, 0.15) is 33.6 Å². The Hall–Kier alpha value is -2.04. The fourth-order valence-corrected chi connectivity index (χ4v) is 5.57. The average molecular weight is 344 g/mol. The van der Waals surface area contributed by atoms with Gasteiger partial charge in [0.1, 0.15) is 5.92 Å². The number of carbonyl (C=O) groups excluding carboxylic acids is 2. The molecule has 0 radical (unpaired) electrons. The molecule has 25 heavy (non-hydrogen) atoms. The number of hydrogen-bond donors (Lipinski definition) is 0. The first kappa shape index (κ1) is 16.4. The maximum atomic E-state index is 13.1. The van der Waals surface area contributed by atoms with Gasteiger partial charge in [-0.3, -0.25) is 9.59 Å². The van der Waals surface area contributed by atoms with E-state index in [1.807, 2.05) is 13.0 Å². The van der Waals surface area contributed by atoms with Crippen molar-refractivity contribution in [3.63, 3.8) is 0 Å². The summed E-state index contributed by atoms with van der Waals surface area (Å²) >= 11 is 0. The van der Waals surface area contributed by atoms with Gasteiger partial charge >= 0.3 is 11.9 Å². The van der Waals surface area contributed by atoms with Crippen LogP contribution in [-0.4, -0.2) is 24.6 Å². The molecule has 5 atom stereocenters. The van der Waals surface area contributed by atoms with Gasteiger partial charge in [-0.2, -0.15) is 0 Å². The smallest absolute Gasteiger partial charge is 0.322 e. The van der Waals surface area contributed by atoms with Gasteiger partial charge in [-0.1, -0.05) is 32.9 Å². The van der Waals surface area contributed by atoms with Crippen molar-refractivity contribution in [2.75, 3.05) is 7.11 Å². The molecule has 134 valence electrons. The van der Waals surface area contributed by atoms with Crippen molar-refractivity contribution >= 4 is 11.9 Å². The Morgan fingerprint density at radius 3 is 2.64 bits per heavy atom. The molecule has 2 aliphatic carbocycles. The molecule has 0 aromatic heterocycles. The highest BCUT2D eigenvalue weighted by Crippen LogP contribution is 2.67. The van der Waals surface area contributed by atoms with Crippen LogP contribution in [-0.2, 0) is 23.8 Å². The number of carbonyl (C=O) groups is 2. The van der Waals surface area contributed by atoms with Gasteiger partial charge < -0.3 is 14.2 Å². The van der Waals surface area contributed by atoms with E-state index in [4.69, 9.17) is 14.2 Å². The van der Waals surface area contributed by atoms with Crippen LogP contribution in [0.15, 0.2) is 36.3 Å². The van der Waals surface area contributed by atoms with Gasteiger partial charge in [-0.15, -0.1) is 6.58 Å². The highest BCUT2D eigenvalue weighted by atomic mass is 16.7. The van der Waals surface area contributed by atoms with E-state index >= 15 is 0 Å². The highest BCUT2D eigenvalue weighted by Gasteiger charge is 2.72. The third-order valence-electron chi connectivity index (χ3n) is 6.98. The van der Waals surface area contributed by atoms with Crippen molar-refractivity contribution < 1.29 is 23.8 Å². The van der Waals surface area contributed by atoms with Crippen molar-refractivity contribution in [2.45, 2.75) is 39.2 Å². The number of hydrogen-bond acceptors (Lipinski definition) is 5. The van der Waals surface area contributed by atoms with Crippen LogP contribution < -0.4 is 0 Å². The predicted molar refractivity (Wildman–Crippen MR) is 89.9 cm³/mol. The molecule has 5 rings (SSSR count). The van der Waals surface area contributed by atoms with Gasteiger partial charge in [0.2, 0.25) is 0 Å². The lowest BCUT2D eigenvalue weighted by Gasteiger charge is -2.64. The second kappa shape index (κ2) is 4.77. The van der Waals surface area contributed by atoms with Crippen LogP contribution in [0.5, 0.6) is 0 Å². The zero-order valence-corrected chi connectivity index (χ0v) is 15.1. The summed E-state index contributed by atoms with van der Waals surface area (Å²) in [4.78, 5) is 25.8. The van der Waals surface area contributed by atoms with Gasteiger partial charge in [0, 0.05) is 23.0 Å². The monoisotopic (exact) mass is 344 g/mol. The maximum absolute atomic E-state index is 13.1. The number of rotatable bonds is 2. The third kappa shape index (κ3) is 1.79. The predicted octanol–water partition coefficient (Wildman–Crippen LogP) is 3.13. The van der Waals surface area contributed by atoms with Crippen LogP contribution in [0.25, 0.3) is 0 Å². The van der Waals surface area contributed by atoms with Crippen LogP contribution in [0.2, 0.25) is 0 Å². The first-order valence-corrected chi connectivity index (χ1v) is 8.77. The topological polar surface area (TPSA) is 61.8 Å². The van der Waals surface area contributed by atoms with E-state index in [-0.39, 0.29) is 29.2 Å². The molecule has 0 aromatic rings. The molecule has 1 saturated carbocycles. The lowest BCUT2D eigenvalue weighted by molar-refractivity contribution is -0.232. The molecule has 3 aliphatic heterocycles. The zero-order valence-electron chi connectivity index (χ0n) is 15.1. The largest absolute Gasteiger partial charge is 0.468 e. The van der Waals surface area contributed by atoms with E-state index < -0.39 is 22.9 Å². The van der Waals surface area contributed by atoms with E-state index in [0.29, 0.717) is 0 Å². The summed E-state index contributed by atoms with van der Waals surface area (Å²) in [5.74, 6) is -1.47. The Morgan fingerprint density at radius 1 is 1.28 bits per heavy atom. The summed E-state index contributed by atoms with van der Waals surface area (Å²) in [6.07, 6.45) is 7.13. The fourth-order valence-electron chi connectivity index (χ4n) is 5.57. The Labute approximate surface area is 147 Å². The Morgan fingerprint density at radius 2 is 2.00 bits per heavy atom. The molecule has 5 aliphatic rings. The molecule has 1 spiro atoms. The van der Waals surface area contributed by atoms with Crippen molar-refractivity contribution in [3.8, 4) is 0 Å². The molecule has 3 heterocycles. The van der Waals surface area contributed by atoms with E-state index in [1.165, 1.54) is 7.11 Å². The number of methoxy groups -OCH3 is 1. The summed E-state index contributed by atoms with van der Waals surface area (Å²) in [6.45, 7) is 10.2. The van der Waals surface area contributed by atoms with E-state index in [2.05, 4.69) is 20.4 Å². The summed E-state index contributed by atoms with van der Waals surface area (Å²) < 4.78 is 16.8. The third-order valence-corrected chi connectivity index (χ3v) is 6.98. The summed E-state index contributed by atoms with van der Waals surface area (Å²) in [6, 6.07) is 0. The molecule has 2 fully saturated rings. The number of ether oxygens (including phenoxy) is 3. The van der Waals surface area contributed by atoms with Crippen molar-refractivity contribution in [2.24, 2.45) is 28.6 Å². The zero-order chi connectivity index (χ0) is 18.2. The van der Waals surface area contributed by atoms with E-state index in [0.717, 1.165) is 18.4 Å². The van der Waals surface area contributed by atoms with E-state index in [9.17, 15) is 9.59 Å². The average Bonchev–Trinajstić information content (AvgIpc) is 2.67. The van der Waals surface area contributed by atoms with Crippen molar-refractivity contribution in [3.05, 3.63) is 36.3 Å². The molecule has 5 heteroatoms. The van der Waals surface area contributed by atoms with Crippen molar-refractivity contribution in [1.29, 1.82) is 0 Å². The quantitative estimate of drug-likeness (QED) is 0.569. The molecule has 0 amide bonds. The van der Waals surface area contributed by atoms with Gasteiger partial charge in [-0.05, 0) is 18.3 Å². The fraction of sp³-hybridized carbons (Fsp3) is 0.600. The minimum atomic E-state index is -1.02. The van der Waals surface area contributed by atoms with E-state index in [1.54, 1.807) is 12.2 Å². The molecule has 1 saturated heterocycles. The van der Waals surface area contributed by atoms with Crippen LogP contribution >= 0.6 is 0 Å². The first-order valence-electron chi connectivity index (χ1n) is 8.77. The lowest BCUT2D eigenvalue weighted by atomic mass is 9.44. The molecule has 0 unspecified atom stereocenters. The number of fused-ring (bicyclic) bond motifs is 1. The van der Waals surface area contributed by atoms with Gasteiger partial charge in [-0.25, -0.2) is 0 Å². The highest BCUT2D eigenvalue weighted by molar-refractivity contribution is 5.86. The van der Waals surface area contributed by atoms with Gasteiger partial charge in [0.15, 0.2) is 5.60 Å². The Kier molecular flexibility index (Phi) is 3.14. The number of allylic oxidation sites excluding steroid dienone is 1. The van der Waals surface area contributed by atoms with Crippen LogP contribution in [0.4, 0.5) is 0 Å².